The predicted octanol–water partition coefficient (Wildman–Crippen LogP) is 17.9. The lowest BCUT2D eigenvalue weighted by Gasteiger charge is -2.27. The summed E-state index contributed by atoms with van der Waals surface area (Å²) in [5.41, 5.74) is 6.64. The average molecular weight is 807 g/mol. The highest BCUT2D eigenvalue weighted by Gasteiger charge is 2.27. The van der Waals surface area contributed by atoms with E-state index in [-0.39, 0.29) is 5.92 Å². The Morgan fingerprint density at radius 2 is 0.825 bits per heavy atom. The Balaban J connectivity index is 2.00. The largest absolute Gasteiger partial charge is 0.507 e. The number of hydrogen-bond donors (Lipinski definition) is 2. The second-order valence-corrected chi connectivity index (χ2v) is 20.0. The van der Waals surface area contributed by atoms with Gasteiger partial charge in [0, 0.05) is 22.3 Å². The van der Waals surface area contributed by atoms with Crippen LogP contribution in [-0.4, -0.2) is 21.2 Å². The van der Waals surface area contributed by atoms with Gasteiger partial charge in [-0.25, -0.2) is 0 Å². The summed E-state index contributed by atoms with van der Waals surface area (Å²) in [6.45, 7) is 18.1. The van der Waals surface area contributed by atoms with Crippen LogP contribution in [0.15, 0.2) is 24.3 Å². The van der Waals surface area contributed by atoms with Crippen molar-refractivity contribution in [3.05, 3.63) is 57.6 Å². The van der Waals surface area contributed by atoms with Gasteiger partial charge in [0.2, 0.25) is 0 Å². The topological polar surface area (TPSA) is 40.5 Å². The quantitative estimate of drug-likeness (QED) is 0.0674. The molecule has 0 heterocycles. The first-order valence-electron chi connectivity index (χ1n) is 24.9. The van der Waals surface area contributed by atoms with Gasteiger partial charge >= 0.3 is 0 Å². The molecule has 2 nitrogen and oxygen atoms in total. The fourth-order valence-corrected chi connectivity index (χ4v) is 10.3. The van der Waals surface area contributed by atoms with E-state index in [1.165, 1.54) is 184 Å². The van der Waals surface area contributed by atoms with Gasteiger partial charge in [-0.05, 0) is 79.4 Å². The molecule has 0 radical (unpaired) electrons. The molecular weight excluding hydrogens is 713 g/mol. The first kappa shape index (κ1) is 51.5. The highest BCUT2D eigenvalue weighted by molar-refractivity contribution is 7.99. The Bertz CT molecular complexity index is 1210. The summed E-state index contributed by atoms with van der Waals surface area (Å²) >= 11 is 2.09. The van der Waals surface area contributed by atoms with E-state index in [1.54, 1.807) is 0 Å². The fraction of sp³-hybridized carbons (Fsp3) is 0.778. The number of rotatable bonds is 36. The molecule has 2 rings (SSSR count). The van der Waals surface area contributed by atoms with Crippen molar-refractivity contribution in [2.75, 3.05) is 5.75 Å². The maximum Gasteiger partial charge on any atom is 0.122 e. The minimum atomic E-state index is -0.0449. The van der Waals surface area contributed by atoms with Crippen LogP contribution in [-0.2, 0) is 12.8 Å². The van der Waals surface area contributed by atoms with Crippen LogP contribution >= 0.6 is 11.8 Å². The van der Waals surface area contributed by atoms with Crippen molar-refractivity contribution >= 4 is 11.8 Å². The lowest BCUT2D eigenvalue weighted by Crippen LogP contribution is -2.13. The molecule has 3 heteroatoms. The number of thioether (sulfide) groups is 1. The Kier molecular flexibility index (Phi) is 29.1. The van der Waals surface area contributed by atoms with Gasteiger partial charge in [0.25, 0.3) is 0 Å². The first-order valence-corrected chi connectivity index (χ1v) is 26.0. The van der Waals surface area contributed by atoms with Gasteiger partial charge in [-0.3, -0.25) is 0 Å². The van der Waals surface area contributed by atoms with Crippen molar-refractivity contribution in [1.82, 2.24) is 0 Å². The van der Waals surface area contributed by atoms with Crippen molar-refractivity contribution in [3.8, 4) is 11.5 Å². The van der Waals surface area contributed by atoms with E-state index >= 15 is 0 Å². The standard InChI is InChI=1S/C54H94O2S/c1-9-14-17-18-19-20-21-22-23-24-25-26-27-28-29-30-31-32-35-57-45(8)38-50(51-41-48(36-43(6)53(51)55)39-46(12-4)33-15-10-2)52-42-49(37-44(7)54(52)56)40-47(13-5)34-16-11-3/h36-37,41-42,45-47,50,55-56H,9-35,38-40H2,1-8H3. The maximum atomic E-state index is 11.8. The van der Waals surface area contributed by atoms with Gasteiger partial charge in [0.1, 0.15) is 11.5 Å². The van der Waals surface area contributed by atoms with Crippen molar-refractivity contribution in [2.24, 2.45) is 11.8 Å². The molecule has 0 bridgehead atoms. The first-order chi connectivity index (χ1) is 27.7. The molecule has 0 spiro atoms. The molecule has 0 aliphatic carbocycles. The monoisotopic (exact) mass is 807 g/mol. The number of aryl methyl sites for hydroxylation is 2. The smallest absolute Gasteiger partial charge is 0.122 e. The lowest BCUT2D eigenvalue weighted by molar-refractivity contribution is 0.438. The molecule has 3 unspecified atom stereocenters. The Hall–Kier alpha value is -1.61. The Morgan fingerprint density at radius 3 is 1.18 bits per heavy atom. The molecule has 0 saturated carbocycles. The van der Waals surface area contributed by atoms with Crippen LogP contribution < -0.4 is 0 Å². The summed E-state index contributed by atoms with van der Waals surface area (Å²) in [5, 5.41) is 24.0. The van der Waals surface area contributed by atoms with Gasteiger partial charge in [-0.15, -0.1) is 0 Å². The normalized spacial score (nSPS) is 13.9. The third-order valence-corrected chi connectivity index (χ3v) is 14.4. The van der Waals surface area contributed by atoms with Gasteiger partial charge in [-0.2, -0.15) is 11.8 Å². The Morgan fingerprint density at radius 1 is 0.474 bits per heavy atom. The summed E-state index contributed by atoms with van der Waals surface area (Å²) in [6, 6.07) is 9.08. The lowest BCUT2D eigenvalue weighted by atomic mass is 9.81. The molecule has 2 aromatic carbocycles. The van der Waals surface area contributed by atoms with E-state index < -0.39 is 0 Å². The van der Waals surface area contributed by atoms with E-state index in [9.17, 15) is 10.2 Å². The molecule has 328 valence electrons. The molecular formula is C54H94O2S. The van der Waals surface area contributed by atoms with Crippen LogP contribution in [0, 0.1) is 25.7 Å². The van der Waals surface area contributed by atoms with Crippen molar-refractivity contribution in [2.45, 2.75) is 253 Å². The molecule has 3 atom stereocenters. The summed E-state index contributed by atoms with van der Waals surface area (Å²) in [4.78, 5) is 0. The number of hydrogen-bond acceptors (Lipinski definition) is 3. The predicted molar refractivity (Wildman–Crippen MR) is 257 cm³/mol. The van der Waals surface area contributed by atoms with Crippen LogP contribution in [0.2, 0.25) is 0 Å². The van der Waals surface area contributed by atoms with E-state index in [2.05, 4.69) is 91.4 Å². The zero-order valence-electron chi connectivity index (χ0n) is 39.1. The molecule has 0 amide bonds. The minimum Gasteiger partial charge on any atom is -0.507 e. The molecule has 0 saturated heterocycles. The average Bonchev–Trinajstić information content (AvgIpc) is 3.20. The van der Waals surface area contributed by atoms with Crippen molar-refractivity contribution in [3.63, 3.8) is 0 Å². The number of aromatic hydroxyl groups is 2. The van der Waals surface area contributed by atoms with E-state index in [4.69, 9.17) is 0 Å². The van der Waals surface area contributed by atoms with Crippen LogP contribution in [0.3, 0.4) is 0 Å². The molecule has 2 N–H and O–H groups in total. The second-order valence-electron chi connectivity index (χ2n) is 18.4. The number of phenols is 2. The molecule has 0 aliphatic heterocycles. The van der Waals surface area contributed by atoms with Crippen molar-refractivity contribution < 1.29 is 10.2 Å². The SMILES string of the molecule is CCCCCCCCCCCCCCCCCCCCSC(C)CC(c1cc(CC(CC)CCCC)cc(C)c1O)c1cc(CC(CC)CCCC)cc(C)c1O. The molecule has 0 aliphatic rings. The van der Waals surface area contributed by atoms with E-state index in [0.717, 1.165) is 41.5 Å². The van der Waals surface area contributed by atoms with Crippen LogP contribution in [0.4, 0.5) is 0 Å². The zero-order chi connectivity index (χ0) is 41.7. The Labute approximate surface area is 360 Å². The zero-order valence-corrected chi connectivity index (χ0v) is 40.0. The highest BCUT2D eigenvalue weighted by Crippen LogP contribution is 2.44. The van der Waals surface area contributed by atoms with Crippen molar-refractivity contribution in [1.29, 1.82) is 0 Å². The molecule has 0 fully saturated rings. The van der Waals surface area contributed by atoms with Gasteiger partial charge in [0.05, 0.1) is 0 Å². The van der Waals surface area contributed by atoms with E-state index in [0.29, 0.717) is 28.6 Å². The number of phenolic OH excluding ortho intramolecular Hbond substituents is 2. The van der Waals surface area contributed by atoms with Crippen LogP contribution in [0.25, 0.3) is 0 Å². The third kappa shape index (κ3) is 21.5. The van der Waals surface area contributed by atoms with Gasteiger partial charge < -0.3 is 10.2 Å². The summed E-state index contributed by atoms with van der Waals surface area (Å²) in [6.07, 6.45) is 38.4. The fourth-order valence-electron chi connectivity index (χ4n) is 9.20. The molecule has 0 aromatic heterocycles. The molecule has 57 heavy (non-hydrogen) atoms. The van der Waals surface area contributed by atoms with Crippen LogP contribution in [0.1, 0.15) is 254 Å². The van der Waals surface area contributed by atoms with Gasteiger partial charge in [-0.1, -0.05) is 226 Å². The van der Waals surface area contributed by atoms with Crippen LogP contribution in [0.5, 0.6) is 11.5 Å². The van der Waals surface area contributed by atoms with Gasteiger partial charge in [0.15, 0.2) is 0 Å². The van der Waals surface area contributed by atoms with E-state index in [1.807, 2.05) is 0 Å². The summed E-state index contributed by atoms with van der Waals surface area (Å²) in [7, 11) is 0. The minimum absolute atomic E-state index is 0.0449. The number of unbranched alkanes of at least 4 members (excludes halogenated alkanes) is 19. The summed E-state index contributed by atoms with van der Waals surface area (Å²) in [5.74, 6) is 3.31. The summed E-state index contributed by atoms with van der Waals surface area (Å²) < 4.78 is 0. The third-order valence-electron chi connectivity index (χ3n) is 13.1. The highest BCUT2D eigenvalue weighted by atomic mass is 32.2. The molecule has 2 aromatic rings. The number of benzene rings is 2. The second kappa shape index (κ2) is 32.2. The maximum absolute atomic E-state index is 11.8.